The monoisotopic (exact) mass is 416 g/mol. The Hall–Kier alpha value is -3.70. The molecule has 30 heavy (non-hydrogen) atoms. The molecule has 4 rings (SSSR count). The number of H-pyrrole nitrogens is 1. The molecular weight excluding hydrogens is 392 g/mol. The number of aromatic amines is 1. The van der Waals surface area contributed by atoms with Crippen molar-refractivity contribution >= 4 is 22.3 Å². The van der Waals surface area contributed by atoms with Crippen LogP contribution < -0.4 is 22.5 Å². The lowest BCUT2D eigenvalue weighted by atomic mass is 10.5. The average Bonchev–Trinajstić information content (AvgIpc) is 3.15. The predicted octanol–water partition coefficient (Wildman–Crippen LogP) is -0.969. The molecule has 4 heterocycles. The van der Waals surface area contributed by atoms with E-state index in [0.29, 0.717) is 34.7 Å². The maximum absolute atomic E-state index is 11.9. The first-order chi connectivity index (χ1) is 14.0. The minimum atomic E-state index is -0.444. The lowest BCUT2D eigenvalue weighted by Gasteiger charge is -2.05. The Morgan fingerprint density at radius 1 is 0.767 bits per heavy atom. The van der Waals surface area contributed by atoms with Gasteiger partial charge in [-0.3, -0.25) is 28.3 Å². The lowest BCUT2D eigenvalue weighted by Crippen LogP contribution is -2.38. The van der Waals surface area contributed by atoms with Crippen LogP contribution in [0.5, 0.6) is 0 Å². The molecule has 0 saturated carbocycles. The van der Waals surface area contributed by atoms with E-state index in [4.69, 9.17) is 0 Å². The van der Waals surface area contributed by atoms with Crippen molar-refractivity contribution in [1.82, 2.24) is 37.8 Å². The Bertz CT molecular complexity index is 1520. The van der Waals surface area contributed by atoms with E-state index in [-0.39, 0.29) is 16.8 Å². The van der Waals surface area contributed by atoms with Gasteiger partial charge in [0, 0.05) is 34.7 Å². The van der Waals surface area contributed by atoms with Crippen LogP contribution >= 0.6 is 0 Å². The van der Waals surface area contributed by atoms with Gasteiger partial charge in [-0.25, -0.2) is 19.6 Å². The van der Waals surface area contributed by atoms with Gasteiger partial charge in [-0.2, -0.15) is 0 Å². The fraction of sp³-hybridized carbons (Fsp3) is 0.444. The molecule has 0 aromatic carbocycles. The van der Waals surface area contributed by atoms with E-state index >= 15 is 0 Å². The third kappa shape index (κ3) is 3.00. The highest BCUT2D eigenvalue weighted by molar-refractivity contribution is 5.71. The third-order valence-electron chi connectivity index (χ3n) is 5.25. The van der Waals surface area contributed by atoms with E-state index in [0.717, 1.165) is 15.0 Å². The molecule has 0 aliphatic heterocycles. The summed E-state index contributed by atoms with van der Waals surface area (Å²) in [5.41, 5.74) is 0.318. The molecule has 0 unspecified atom stereocenters. The molecule has 160 valence electrons. The van der Waals surface area contributed by atoms with Gasteiger partial charge in [-0.15, -0.1) is 0 Å². The smallest absolute Gasteiger partial charge is 0.325 e. The first-order valence-electron chi connectivity index (χ1n) is 9.26. The van der Waals surface area contributed by atoms with Crippen molar-refractivity contribution in [3.8, 4) is 0 Å². The van der Waals surface area contributed by atoms with Gasteiger partial charge in [0.2, 0.25) is 0 Å². The minimum absolute atomic E-state index is 0.298. The van der Waals surface area contributed by atoms with Gasteiger partial charge in [0.25, 0.3) is 11.1 Å². The molecular formula is C18H24N8O4. The number of aromatic nitrogens is 8. The van der Waals surface area contributed by atoms with Gasteiger partial charge < -0.3 is 9.13 Å². The molecule has 0 spiro atoms. The normalized spacial score (nSPS) is 11.2. The van der Waals surface area contributed by atoms with E-state index in [1.54, 1.807) is 30.2 Å². The highest BCUT2D eigenvalue weighted by Gasteiger charge is 2.15. The zero-order valence-corrected chi connectivity index (χ0v) is 18.0. The summed E-state index contributed by atoms with van der Waals surface area (Å²) in [6.45, 7) is 5.94. The molecule has 4 aromatic heterocycles. The quantitative estimate of drug-likeness (QED) is 0.424. The molecule has 0 aliphatic rings. The summed E-state index contributed by atoms with van der Waals surface area (Å²) < 4.78 is 7.02. The summed E-state index contributed by atoms with van der Waals surface area (Å²) in [6, 6.07) is 0. The standard InChI is InChI=1S/C10H14N4O2.C8H10N4O2/c1-5-14-8-7(12(3)6(2)11-8)9(15)13(4)10(14)16;1-4-9-6-5(11(4)2)7(13)12(3)8(14)10-6/h5H2,1-4H3;1-3H3,(H,10,14). The van der Waals surface area contributed by atoms with Gasteiger partial charge >= 0.3 is 11.4 Å². The maximum atomic E-state index is 11.9. The minimum Gasteiger partial charge on any atom is -0.325 e. The van der Waals surface area contributed by atoms with Gasteiger partial charge in [0.05, 0.1) is 0 Å². The van der Waals surface area contributed by atoms with Crippen LogP contribution in [0, 0.1) is 13.8 Å². The second-order valence-corrected chi connectivity index (χ2v) is 6.99. The van der Waals surface area contributed by atoms with Crippen LogP contribution in [-0.4, -0.2) is 37.8 Å². The number of hydrogen-bond acceptors (Lipinski definition) is 6. The first-order valence-corrected chi connectivity index (χ1v) is 9.26. The summed E-state index contributed by atoms with van der Waals surface area (Å²) >= 11 is 0. The number of fused-ring (bicyclic) bond motifs is 2. The van der Waals surface area contributed by atoms with Crippen LogP contribution in [-0.2, 0) is 34.7 Å². The molecule has 12 nitrogen and oxygen atoms in total. The highest BCUT2D eigenvalue weighted by atomic mass is 16.2. The second-order valence-electron chi connectivity index (χ2n) is 6.99. The summed E-state index contributed by atoms with van der Waals surface area (Å²) in [7, 11) is 6.43. The van der Waals surface area contributed by atoms with Crippen molar-refractivity contribution in [2.75, 3.05) is 0 Å². The predicted molar refractivity (Wildman–Crippen MR) is 112 cm³/mol. The zero-order chi connectivity index (χ0) is 22.5. The Kier molecular flexibility index (Phi) is 5.10. The Morgan fingerprint density at radius 2 is 1.30 bits per heavy atom. The first kappa shape index (κ1) is 21.0. The van der Waals surface area contributed by atoms with Crippen molar-refractivity contribution in [3.63, 3.8) is 0 Å². The van der Waals surface area contributed by atoms with Crippen molar-refractivity contribution < 1.29 is 0 Å². The Balaban J connectivity index is 0.000000172. The van der Waals surface area contributed by atoms with Crippen molar-refractivity contribution in [1.29, 1.82) is 0 Å². The molecule has 4 aromatic rings. The number of nitrogens with zero attached hydrogens (tertiary/aromatic N) is 7. The molecule has 0 amide bonds. The van der Waals surface area contributed by atoms with E-state index in [9.17, 15) is 19.2 Å². The number of nitrogens with one attached hydrogen (secondary N) is 1. The van der Waals surface area contributed by atoms with Gasteiger partial charge in [0.1, 0.15) is 11.6 Å². The van der Waals surface area contributed by atoms with Crippen LogP contribution in [0.3, 0.4) is 0 Å². The maximum Gasteiger partial charge on any atom is 0.332 e. The molecule has 0 atom stereocenters. The molecule has 0 aliphatic carbocycles. The third-order valence-corrected chi connectivity index (χ3v) is 5.25. The van der Waals surface area contributed by atoms with E-state index in [1.807, 2.05) is 13.8 Å². The molecule has 12 heteroatoms. The largest absolute Gasteiger partial charge is 0.332 e. The molecule has 0 radical (unpaired) electrons. The topological polar surface area (TPSA) is 134 Å². The van der Waals surface area contributed by atoms with Crippen LogP contribution in [0.1, 0.15) is 18.6 Å². The van der Waals surface area contributed by atoms with Crippen LogP contribution in [0.25, 0.3) is 22.3 Å². The summed E-state index contributed by atoms with van der Waals surface area (Å²) in [6.07, 6.45) is 0. The van der Waals surface area contributed by atoms with Crippen LogP contribution in [0.4, 0.5) is 0 Å². The van der Waals surface area contributed by atoms with Crippen LogP contribution in [0.15, 0.2) is 19.2 Å². The van der Waals surface area contributed by atoms with E-state index in [2.05, 4.69) is 15.0 Å². The lowest BCUT2D eigenvalue weighted by molar-refractivity contribution is 0.651. The Labute approximate surface area is 169 Å². The van der Waals surface area contributed by atoms with Gasteiger partial charge in [-0.05, 0) is 20.8 Å². The average molecular weight is 416 g/mol. The molecule has 0 fully saturated rings. The van der Waals surface area contributed by atoms with Crippen LogP contribution in [0.2, 0.25) is 0 Å². The van der Waals surface area contributed by atoms with Crippen molar-refractivity contribution in [2.24, 2.45) is 28.2 Å². The Morgan fingerprint density at radius 3 is 1.90 bits per heavy atom. The molecule has 1 N–H and O–H groups in total. The number of imidazole rings is 2. The fourth-order valence-corrected chi connectivity index (χ4v) is 3.20. The molecule has 0 bridgehead atoms. The highest BCUT2D eigenvalue weighted by Crippen LogP contribution is 2.08. The van der Waals surface area contributed by atoms with E-state index in [1.165, 1.54) is 18.7 Å². The summed E-state index contributed by atoms with van der Waals surface area (Å²) in [5.74, 6) is 1.42. The summed E-state index contributed by atoms with van der Waals surface area (Å²) in [5, 5.41) is 0. The molecule has 0 saturated heterocycles. The van der Waals surface area contributed by atoms with Crippen molar-refractivity contribution in [3.05, 3.63) is 53.3 Å². The summed E-state index contributed by atoms with van der Waals surface area (Å²) in [4.78, 5) is 57.5. The van der Waals surface area contributed by atoms with E-state index < -0.39 is 5.69 Å². The fourth-order valence-electron chi connectivity index (χ4n) is 3.20. The zero-order valence-electron chi connectivity index (χ0n) is 18.0. The number of rotatable bonds is 1. The van der Waals surface area contributed by atoms with Crippen molar-refractivity contribution in [2.45, 2.75) is 27.3 Å². The number of hydrogen-bond donors (Lipinski definition) is 1. The van der Waals surface area contributed by atoms with Gasteiger partial charge in [-0.1, -0.05) is 0 Å². The number of aryl methyl sites for hydroxylation is 5. The second kappa shape index (κ2) is 7.28. The van der Waals surface area contributed by atoms with Gasteiger partial charge in [0.15, 0.2) is 22.3 Å². The SMILES string of the molecule is CCn1c(=O)n(C)c(=O)c2c1nc(C)n2C.Cc1nc2[nH]c(=O)n(C)c(=O)c2n1C.